The van der Waals surface area contributed by atoms with Gasteiger partial charge in [-0.3, -0.25) is 0 Å². The van der Waals surface area contributed by atoms with E-state index < -0.39 is 0 Å². The minimum absolute atomic E-state index is 0.0836. The van der Waals surface area contributed by atoms with Crippen molar-refractivity contribution in [2.45, 2.75) is 25.9 Å². The zero-order valence-electron chi connectivity index (χ0n) is 12.3. The van der Waals surface area contributed by atoms with Gasteiger partial charge < -0.3 is 9.47 Å². The second kappa shape index (κ2) is 6.15. The van der Waals surface area contributed by atoms with Crippen molar-refractivity contribution in [3.05, 3.63) is 71.8 Å². The highest BCUT2D eigenvalue weighted by Crippen LogP contribution is 2.44. The molecular weight excluding hydrogens is 260 g/mol. The van der Waals surface area contributed by atoms with Crippen LogP contribution in [-0.4, -0.2) is 6.61 Å². The molecule has 3 rings (SSSR count). The summed E-state index contributed by atoms with van der Waals surface area (Å²) in [6.07, 6.45) is 3.91. The number of ether oxygens (including phenoxy) is 2. The van der Waals surface area contributed by atoms with Gasteiger partial charge >= 0.3 is 0 Å². The molecule has 0 aromatic heterocycles. The maximum Gasteiger partial charge on any atom is 0.133 e. The molecule has 0 saturated heterocycles. The molecular formula is C19H20O2. The van der Waals surface area contributed by atoms with Crippen LogP contribution in [0.15, 0.2) is 55.1 Å². The van der Waals surface area contributed by atoms with Crippen molar-refractivity contribution in [1.82, 2.24) is 0 Å². The molecule has 2 heteroatoms. The average Bonchev–Trinajstić information content (AvgIpc) is 2.52. The van der Waals surface area contributed by atoms with E-state index in [0.29, 0.717) is 6.61 Å². The summed E-state index contributed by atoms with van der Waals surface area (Å²) in [5, 5.41) is 0. The summed E-state index contributed by atoms with van der Waals surface area (Å²) in [4.78, 5) is 0. The van der Waals surface area contributed by atoms with E-state index in [2.05, 4.69) is 37.8 Å². The zero-order chi connectivity index (χ0) is 14.7. The molecule has 0 fully saturated rings. The van der Waals surface area contributed by atoms with Gasteiger partial charge in [0.2, 0.25) is 0 Å². The van der Waals surface area contributed by atoms with Crippen molar-refractivity contribution in [2.75, 3.05) is 6.61 Å². The second-order valence-corrected chi connectivity index (χ2v) is 5.26. The van der Waals surface area contributed by atoms with Crippen LogP contribution in [0.2, 0.25) is 0 Å². The Kier molecular flexibility index (Phi) is 4.07. The predicted octanol–water partition coefficient (Wildman–Crippen LogP) is 5.04. The molecule has 0 amide bonds. The number of hydrogen-bond acceptors (Lipinski definition) is 2. The summed E-state index contributed by atoms with van der Waals surface area (Å²) in [6.45, 7) is 6.46. The van der Waals surface area contributed by atoms with Crippen molar-refractivity contribution in [3.63, 3.8) is 0 Å². The largest absolute Gasteiger partial charge is 0.457 e. The highest BCUT2D eigenvalue weighted by molar-refractivity contribution is 5.53. The Labute approximate surface area is 126 Å². The summed E-state index contributed by atoms with van der Waals surface area (Å²) in [5.74, 6) is 1.77. The van der Waals surface area contributed by atoms with Crippen molar-refractivity contribution in [2.24, 2.45) is 0 Å². The fourth-order valence-corrected chi connectivity index (χ4v) is 2.76. The molecule has 2 nitrogen and oxygen atoms in total. The summed E-state index contributed by atoms with van der Waals surface area (Å²) in [7, 11) is 0. The molecule has 21 heavy (non-hydrogen) atoms. The number of hydrogen-bond donors (Lipinski definition) is 0. The van der Waals surface area contributed by atoms with E-state index in [-0.39, 0.29) is 6.10 Å². The first-order valence-electron chi connectivity index (χ1n) is 7.45. The quantitative estimate of drug-likeness (QED) is 0.715. The molecule has 0 saturated carbocycles. The molecule has 0 spiro atoms. The number of aryl methyl sites for hydroxylation is 1. The van der Waals surface area contributed by atoms with Crippen LogP contribution in [0.4, 0.5) is 0 Å². The third kappa shape index (κ3) is 2.72. The Morgan fingerprint density at radius 3 is 2.76 bits per heavy atom. The summed E-state index contributed by atoms with van der Waals surface area (Å²) < 4.78 is 12.0. The first kappa shape index (κ1) is 13.9. The van der Waals surface area contributed by atoms with E-state index in [4.69, 9.17) is 9.47 Å². The smallest absolute Gasteiger partial charge is 0.133 e. The van der Waals surface area contributed by atoms with Crippen molar-refractivity contribution in [1.29, 1.82) is 0 Å². The number of benzene rings is 2. The topological polar surface area (TPSA) is 18.5 Å². The minimum atomic E-state index is -0.0836. The number of rotatable bonds is 5. The van der Waals surface area contributed by atoms with Gasteiger partial charge in [0.05, 0.1) is 6.61 Å². The lowest BCUT2D eigenvalue weighted by molar-refractivity contribution is 0.0961. The van der Waals surface area contributed by atoms with Gasteiger partial charge in [-0.05, 0) is 30.2 Å². The van der Waals surface area contributed by atoms with E-state index in [1.165, 1.54) is 5.56 Å². The maximum atomic E-state index is 6.02. The SMILES string of the molecule is C=CCOC1c2ccccc2Oc2ccc(CCC)cc21. The molecule has 0 aliphatic carbocycles. The molecule has 1 atom stereocenters. The Balaban J connectivity index is 2.04. The lowest BCUT2D eigenvalue weighted by Crippen LogP contribution is -2.14. The predicted molar refractivity (Wildman–Crippen MR) is 84.9 cm³/mol. The Morgan fingerprint density at radius 1 is 1.14 bits per heavy atom. The van der Waals surface area contributed by atoms with Crippen LogP contribution in [0.5, 0.6) is 11.5 Å². The van der Waals surface area contributed by atoms with E-state index in [9.17, 15) is 0 Å². The fourth-order valence-electron chi connectivity index (χ4n) is 2.76. The standard InChI is InChI=1S/C19H20O2/c1-3-7-14-10-11-18-16(13-14)19(20-12-4-2)15-8-5-6-9-17(15)21-18/h4-6,8-11,13,19H,2-3,7,12H2,1H3. The van der Waals surface area contributed by atoms with Gasteiger partial charge in [0.15, 0.2) is 0 Å². The van der Waals surface area contributed by atoms with E-state index in [1.54, 1.807) is 6.08 Å². The third-order valence-corrected chi connectivity index (χ3v) is 3.70. The molecule has 0 N–H and O–H groups in total. The first-order chi connectivity index (χ1) is 10.3. The summed E-state index contributed by atoms with van der Waals surface area (Å²) in [6, 6.07) is 14.5. The van der Waals surface area contributed by atoms with Gasteiger partial charge in [0.25, 0.3) is 0 Å². The van der Waals surface area contributed by atoms with E-state index in [1.807, 2.05) is 18.2 Å². The van der Waals surface area contributed by atoms with Crippen LogP contribution in [0.1, 0.15) is 36.1 Å². The average molecular weight is 280 g/mol. The molecule has 0 bridgehead atoms. The summed E-state index contributed by atoms with van der Waals surface area (Å²) in [5.41, 5.74) is 3.52. The zero-order valence-corrected chi connectivity index (χ0v) is 12.3. The molecule has 1 unspecified atom stereocenters. The molecule has 1 heterocycles. The number of fused-ring (bicyclic) bond motifs is 2. The van der Waals surface area contributed by atoms with Crippen LogP contribution < -0.4 is 4.74 Å². The Morgan fingerprint density at radius 2 is 1.95 bits per heavy atom. The normalized spacial score (nSPS) is 15.8. The maximum absolute atomic E-state index is 6.02. The van der Waals surface area contributed by atoms with E-state index >= 15 is 0 Å². The molecule has 108 valence electrons. The second-order valence-electron chi connectivity index (χ2n) is 5.26. The van der Waals surface area contributed by atoms with Crippen LogP contribution in [0.3, 0.4) is 0 Å². The Hall–Kier alpha value is -2.06. The van der Waals surface area contributed by atoms with Crippen molar-refractivity contribution in [3.8, 4) is 11.5 Å². The highest BCUT2D eigenvalue weighted by Gasteiger charge is 2.27. The van der Waals surface area contributed by atoms with E-state index in [0.717, 1.165) is 35.5 Å². The van der Waals surface area contributed by atoms with Gasteiger partial charge in [0, 0.05) is 11.1 Å². The first-order valence-corrected chi connectivity index (χ1v) is 7.45. The molecule has 2 aromatic rings. The number of para-hydroxylation sites is 1. The van der Waals surface area contributed by atoms with Gasteiger partial charge in [-0.15, -0.1) is 6.58 Å². The van der Waals surface area contributed by atoms with Crippen LogP contribution in [0, 0.1) is 0 Å². The third-order valence-electron chi connectivity index (χ3n) is 3.70. The van der Waals surface area contributed by atoms with Crippen molar-refractivity contribution >= 4 is 0 Å². The monoisotopic (exact) mass is 280 g/mol. The van der Waals surface area contributed by atoms with Gasteiger partial charge in [-0.2, -0.15) is 0 Å². The molecule has 2 aromatic carbocycles. The highest BCUT2D eigenvalue weighted by atomic mass is 16.5. The minimum Gasteiger partial charge on any atom is -0.457 e. The molecule has 1 aliphatic heterocycles. The lowest BCUT2D eigenvalue weighted by atomic mass is 9.94. The van der Waals surface area contributed by atoms with Crippen LogP contribution in [-0.2, 0) is 11.2 Å². The van der Waals surface area contributed by atoms with Gasteiger partial charge in [0.1, 0.15) is 17.6 Å². The van der Waals surface area contributed by atoms with Gasteiger partial charge in [-0.25, -0.2) is 0 Å². The van der Waals surface area contributed by atoms with Crippen LogP contribution in [0.25, 0.3) is 0 Å². The lowest BCUT2D eigenvalue weighted by Gasteiger charge is -2.28. The fraction of sp³-hybridized carbons (Fsp3) is 0.263. The van der Waals surface area contributed by atoms with Gasteiger partial charge in [-0.1, -0.05) is 43.7 Å². The van der Waals surface area contributed by atoms with Crippen molar-refractivity contribution < 1.29 is 9.47 Å². The van der Waals surface area contributed by atoms with Crippen LogP contribution >= 0.6 is 0 Å². The molecule has 0 radical (unpaired) electrons. The molecule has 1 aliphatic rings. The Bertz CT molecular complexity index is 646. The summed E-state index contributed by atoms with van der Waals surface area (Å²) >= 11 is 0.